The number of aromatic nitrogens is 3. The Morgan fingerprint density at radius 1 is 0.978 bits per heavy atom. The number of hydrogen-bond donors (Lipinski definition) is 2. The number of halogens is 8. The second-order valence-electron chi connectivity index (χ2n) is 11.1. The van der Waals surface area contributed by atoms with Gasteiger partial charge in [-0.15, -0.1) is 0 Å². The third-order valence-electron chi connectivity index (χ3n) is 7.95. The van der Waals surface area contributed by atoms with Gasteiger partial charge >= 0.3 is 0 Å². The SMILES string of the molecule is O=C(Cn1nc(C(F)F)c2c1C(F)(F)CCC2(F)F)NCC(c1cc(F)cc(F)c1)c1ncccc1-c1ccc2c(c1)CC(=O)N2. The molecule has 15 heteroatoms. The van der Waals surface area contributed by atoms with E-state index in [0.717, 1.165) is 12.1 Å². The fourth-order valence-corrected chi connectivity index (χ4v) is 5.93. The van der Waals surface area contributed by atoms with E-state index < -0.39 is 84.6 Å². The van der Waals surface area contributed by atoms with Crippen molar-refractivity contribution in [3.8, 4) is 11.1 Å². The molecule has 4 aromatic rings. The molecule has 0 saturated carbocycles. The number of benzene rings is 2. The summed E-state index contributed by atoms with van der Waals surface area (Å²) in [7, 11) is 0. The number of carbonyl (C=O) groups excluding carboxylic acids is 2. The number of anilines is 1. The van der Waals surface area contributed by atoms with Crippen molar-refractivity contribution in [1.29, 1.82) is 0 Å². The maximum atomic E-state index is 14.8. The largest absolute Gasteiger partial charge is 0.353 e. The minimum atomic E-state index is -4.01. The summed E-state index contributed by atoms with van der Waals surface area (Å²) in [5.41, 5.74) is -1.91. The molecule has 240 valence electrons. The van der Waals surface area contributed by atoms with Crippen LogP contribution < -0.4 is 10.6 Å². The zero-order chi connectivity index (χ0) is 33.0. The lowest BCUT2D eigenvalue weighted by Gasteiger charge is -2.29. The molecule has 7 nitrogen and oxygen atoms in total. The van der Waals surface area contributed by atoms with Crippen LogP contribution in [0.2, 0.25) is 0 Å². The van der Waals surface area contributed by atoms with Gasteiger partial charge in [0.25, 0.3) is 18.3 Å². The third-order valence-corrected chi connectivity index (χ3v) is 7.95. The van der Waals surface area contributed by atoms with Crippen molar-refractivity contribution in [3.05, 3.63) is 100 Å². The molecule has 3 heterocycles. The molecular formula is C31H23F8N5O2. The Morgan fingerprint density at radius 2 is 1.70 bits per heavy atom. The quantitative estimate of drug-likeness (QED) is 0.211. The Bertz CT molecular complexity index is 1840. The summed E-state index contributed by atoms with van der Waals surface area (Å²) in [5, 5.41) is 8.43. The number of amides is 2. The van der Waals surface area contributed by atoms with Gasteiger partial charge in [-0.05, 0) is 47.0 Å². The summed E-state index contributed by atoms with van der Waals surface area (Å²) >= 11 is 0. The molecule has 6 rings (SSSR count). The Labute approximate surface area is 255 Å². The second-order valence-corrected chi connectivity index (χ2v) is 11.1. The average molecular weight is 650 g/mol. The van der Waals surface area contributed by atoms with Gasteiger partial charge in [0.2, 0.25) is 11.8 Å². The zero-order valence-electron chi connectivity index (χ0n) is 23.6. The molecule has 1 atom stereocenters. The Hall–Kier alpha value is -4.82. The fourth-order valence-electron chi connectivity index (χ4n) is 5.93. The van der Waals surface area contributed by atoms with Crippen molar-refractivity contribution in [2.24, 2.45) is 0 Å². The van der Waals surface area contributed by atoms with Crippen LogP contribution in [0.5, 0.6) is 0 Å². The summed E-state index contributed by atoms with van der Waals surface area (Å²) in [5.74, 6) is -12.2. The Balaban J connectivity index is 1.34. The minimum absolute atomic E-state index is 0.0402. The van der Waals surface area contributed by atoms with Gasteiger partial charge in [-0.3, -0.25) is 19.3 Å². The van der Waals surface area contributed by atoms with E-state index in [4.69, 9.17) is 0 Å². The highest BCUT2D eigenvalue weighted by atomic mass is 19.3. The first kappa shape index (κ1) is 31.2. The molecule has 0 saturated heterocycles. The summed E-state index contributed by atoms with van der Waals surface area (Å²) < 4.78 is 115. The lowest BCUT2D eigenvalue weighted by molar-refractivity contribution is -0.123. The van der Waals surface area contributed by atoms with Crippen molar-refractivity contribution in [2.45, 2.75) is 50.0 Å². The normalized spacial score (nSPS) is 16.9. The van der Waals surface area contributed by atoms with Gasteiger partial charge in [-0.2, -0.15) is 13.9 Å². The lowest BCUT2D eigenvalue weighted by atomic mass is 9.89. The van der Waals surface area contributed by atoms with Crippen LogP contribution in [0.3, 0.4) is 0 Å². The molecule has 46 heavy (non-hydrogen) atoms. The molecule has 0 bridgehead atoms. The summed E-state index contributed by atoms with van der Waals surface area (Å²) in [6.07, 6.45) is -4.79. The van der Waals surface area contributed by atoms with Crippen molar-refractivity contribution >= 4 is 17.5 Å². The minimum Gasteiger partial charge on any atom is -0.353 e. The summed E-state index contributed by atoms with van der Waals surface area (Å²) in [6, 6.07) is 11.1. The average Bonchev–Trinajstić information content (AvgIpc) is 3.56. The third kappa shape index (κ3) is 5.81. The van der Waals surface area contributed by atoms with Gasteiger partial charge in [0.05, 0.1) is 17.7 Å². The molecule has 2 aromatic heterocycles. The van der Waals surface area contributed by atoms with Gasteiger partial charge in [0.1, 0.15) is 29.6 Å². The van der Waals surface area contributed by atoms with E-state index in [1.807, 2.05) is 0 Å². The topological polar surface area (TPSA) is 88.9 Å². The van der Waals surface area contributed by atoms with E-state index >= 15 is 0 Å². The maximum Gasteiger partial charge on any atom is 0.290 e. The number of fused-ring (bicyclic) bond motifs is 2. The van der Waals surface area contributed by atoms with Crippen LogP contribution >= 0.6 is 0 Å². The number of rotatable bonds is 8. The van der Waals surface area contributed by atoms with Gasteiger partial charge in [-0.25, -0.2) is 26.3 Å². The number of pyridine rings is 1. The van der Waals surface area contributed by atoms with E-state index in [1.54, 1.807) is 30.3 Å². The van der Waals surface area contributed by atoms with E-state index in [0.29, 0.717) is 28.4 Å². The maximum absolute atomic E-state index is 14.8. The predicted octanol–water partition coefficient (Wildman–Crippen LogP) is 6.58. The molecule has 2 aliphatic rings. The van der Waals surface area contributed by atoms with Crippen molar-refractivity contribution in [3.63, 3.8) is 0 Å². The Morgan fingerprint density at radius 3 is 2.41 bits per heavy atom. The molecule has 2 N–H and O–H groups in total. The van der Waals surface area contributed by atoms with E-state index in [-0.39, 0.29) is 28.3 Å². The molecule has 1 aliphatic heterocycles. The number of nitrogens with one attached hydrogen (secondary N) is 2. The zero-order valence-corrected chi connectivity index (χ0v) is 23.6. The standard InChI is InChI=1S/C31H23F8N5O2/c32-18-9-16(10-19(33)12-18)21(26-20(2-1-7-40-26)15-3-4-22-17(8-15)11-23(45)42-22)13-41-24(46)14-44-28-25(27(43-44)29(34)35)30(36,37)5-6-31(28,38)39/h1-4,7-10,12,21,29H,5-6,11,13-14H2,(H,41,46)(H,42,45). The van der Waals surface area contributed by atoms with Crippen molar-refractivity contribution in [1.82, 2.24) is 20.1 Å². The predicted molar refractivity (Wildman–Crippen MR) is 147 cm³/mol. The second kappa shape index (κ2) is 11.5. The lowest BCUT2D eigenvalue weighted by Crippen LogP contribution is -2.36. The molecule has 1 unspecified atom stereocenters. The first-order valence-electron chi connectivity index (χ1n) is 14.0. The number of nitrogens with zero attached hydrogens (tertiary/aromatic N) is 3. The van der Waals surface area contributed by atoms with E-state index in [1.165, 1.54) is 6.20 Å². The summed E-state index contributed by atoms with van der Waals surface area (Å²) in [4.78, 5) is 29.4. The number of carbonyl (C=O) groups is 2. The van der Waals surface area contributed by atoms with E-state index in [2.05, 4.69) is 20.7 Å². The summed E-state index contributed by atoms with van der Waals surface area (Å²) in [6.45, 7) is -1.54. The smallest absolute Gasteiger partial charge is 0.290 e. The van der Waals surface area contributed by atoms with Gasteiger partial charge in [0.15, 0.2) is 0 Å². The Kier molecular flexibility index (Phi) is 7.81. The van der Waals surface area contributed by atoms with Crippen LogP contribution in [0, 0.1) is 11.6 Å². The molecule has 0 fully saturated rings. The fraction of sp³-hybridized carbons (Fsp3) is 0.290. The monoisotopic (exact) mass is 649 g/mol. The molecule has 0 spiro atoms. The molecular weight excluding hydrogens is 626 g/mol. The highest BCUT2D eigenvalue weighted by molar-refractivity contribution is 5.99. The first-order valence-corrected chi connectivity index (χ1v) is 14.0. The molecule has 2 amide bonds. The molecule has 0 radical (unpaired) electrons. The van der Waals surface area contributed by atoms with Crippen LogP contribution in [-0.4, -0.2) is 33.1 Å². The number of alkyl halides is 6. The molecule has 2 aromatic carbocycles. The number of hydrogen-bond acceptors (Lipinski definition) is 4. The van der Waals surface area contributed by atoms with Crippen LogP contribution in [0.25, 0.3) is 11.1 Å². The first-order chi connectivity index (χ1) is 21.7. The van der Waals surface area contributed by atoms with Crippen molar-refractivity contribution < 1.29 is 44.7 Å². The molecule has 1 aliphatic carbocycles. The highest BCUT2D eigenvalue weighted by Gasteiger charge is 2.55. The van der Waals surface area contributed by atoms with E-state index in [9.17, 15) is 44.7 Å². The van der Waals surface area contributed by atoms with Gasteiger partial charge in [0, 0.05) is 48.8 Å². The van der Waals surface area contributed by atoms with Gasteiger partial charge in [-0.1, -0.05) is 12.1 Å². The highest BCUT2D eigenvalue weighted by Crippen LogP contribution is 2.52. The van der Waals surface area contributed by atoms with Crippen LogP contribution in [-0.2, 0) is 34.4 Å². The van der Waals surface area contributed by atoms with Crippen molar-refractivity contribution in [2.75, 3.05) is 11.9 Å². The van der Waals surface area contributed by atoms with Gasteiger partial charge < -0.3 is 10.6 Å². The van der Waals surface area contributed by atoms with Crippen LogP contribution in [0.1, 0.15) is 59.0 Å². The van der Waals surface area contributed by atoms with Crippen LogP contribution in [0.15, 0.2) is 54.7 Å². The van der Waals surface area contributed by atoms with Crippen LogP contribution in [0.4, 0.5) is 40.8 Å².